The van der Waals surface area contributed by atoms with Gasteiger partial charge in [0.2, 0.25) is 0 Å². The maximum atomic E-state index is 5.71. The monoisotopic (exact) mass is 197 g/mol. The molecule has 1 heteroatoms. The molecule has 1 unspecified atom stereocenters. The van der Waals surface area contributed by atoms with Crippen LogP contribution in [0.5, 0.6) is 0 Å². The van der Waals surface area contributed by atoms with Gasteiger partial charge in [-0.1, -0.05) is 38.7 Å². The van der Waals surface area contributed by atoms with Crippen LogP contribution in [0.3, 0.4) is 0 Å². The van der Waals surface area contributed by atoms with E-state index in [1.165, 1.54) is 51.4 Å². The smallest absolute Gasteiger partial charge is 0.00489 e. The highest BCUT2D eigenvalue weighted by Gasteiger charge is 2.04. The van der Waals surface area contributed by atoms with Crippen molar-refractivity contribution in [3.63, 3.8) is 0 Å². The van der Waals surface area contributed by atoms with Gasteiger partial charge in [-0.05, 0) is 38.1 Å². The average molecular weight is 197 g/mol. The third-order valence-electron chi connectivity index (χ3n) is 2.80. The predicted octanol–water partition coefficient (Wildman–Crippen LogP) is 3.89. The van der Waals surface area contributed by atoms with E-state index in [0.717, 1.165) is 12.5 Å². The van der Waals surface area contributed by atoms with E-state index in [9.17, 15) is 0 Å². The molecule has 0 amide bonds. The fraction of sp³-hybridized carbons (Fsp3) is 0.846. The van der Waals surface area contributed by atoms with Crippen molar-refractivity contribution >= 4 is 0 Å². The Bertz CT molecular complexity index is 120. The van der Waals surface area contributed by atoms with E-state index in [1.807, 2.05) is 6.08 Å². The molecule has 0 radical (unpaired) electrons. The molecule has 0 aliphatic rings. The first-order chi connectivity index (χ1) is 6.85. The molecule has 0 heterocycles. The van der Waals surface area contributed by atoms with Crippen molar-refractivity contribution in [3.05, 3.63) is 12.7 Å². The molecule has 0 saturated carbocycles. The Morgan fingerprint density at radius 2 is 1.86 bits per heavy atom. The number of rotatable bonds is 10. The Morgan fingerprint density at radius 1 is 1.14 bits per heavy atom. The van der Waals surface area contributed by atoms with E-state index in [4.69, 9.17) is 5.73 Å². The maximum absolute atomic E-state index is 5.71. The average Bonchev–Trinajstić information content (AvgIpc) is 2.21. The van der Waals surface area contributed by atoms with Crippen molar-refractivity contribution in [1.29, 1.82) is 0 Å². The summed E-state index contributed by atoms with van der Waals surface area (Å²) in [7, 11) is 0. The van der Waals surface area contributed by atoms with Crippen molar-refractivity contribution < 1.29 is 0 Å². The zero-order valence-electron chi connectivity index (χ0n) is 9.80. The molecule has 0 bridgehead atoms. The molecule has 0 aromatic heterocycles. The van der Waals surface area contributed by atoms with Crippen LogP contribution >= 0.6 is 0 Å². The largest absolute Gasteiger partial charge is 0.330 e. The van der Waals surface area contributed by atoms with E-state index in [0.29, 0.717) is 0 Å². The van der Waals surface area contributed by atoms with E-state index in [-0.39, 0.29) is 0 Å². The fourth-order valence-electron chi connectivity index (χ4n) is 1.86. The molecule has 14 heavy (non-hydrogen) atoms. The van der Waals surface area contributed by atoms with Crippen molar-refractivity contribution in [1.82, 2.24) is 0 Å². The van der Waals surface area contributed by atoms with Crippen molar-refractivity contribution in [3.8, 4) is 0 Å². The van der Waals surface area contributed by atoms with Crippen LogP contribution in [-0.4, -0.2) is 6.54 Å². The second kappa shape index (κ2) is 10.8. The van der Waals surface area contributed by atoms with Crippen LogP contribution < -0.4 is 5.73 Å². The molecule has 0 saturated heterocycles. The van der Waals surface area contributed by atoms with Gasteiger partial charge in [-0.15, -0.1) is 6.58 Å². The minimum Gasteiger partial charge on any atom is -0.330 e. The van der Waals surface area contributed by atoms with E-state index < -0.39 is 0 Å². The van der Waals surface area contributed by atoms with Crippen LogP contribution in [-0.2, 0) is 0 Å². The summed E-state index contributed by atoms with van der Waals surface area (Å²) < 4.78 is 0. The quantitative estimate of drug-likeness (QED) is 0.417. The van der Waals surface area contributed by atoms with Gasteiger partial charge in [0.25, 0.3) is 0 Å². The Kier molecular flexibility index (Phi) is 10.5. The summed E-state index contributed by atoms with van der Waals surface area (Å²) >= 11 is 0. The lowest BCUT2D eigenvalue weighted by Crippen LogP contribution is -2.13. The standard InChI is InChI=1S/C13H27N/c1-3-5-6-7-8-9-11-13(12-14)10-4-2/h3,13H,1,4-12,14H2,2H3. The fourth-order valence-corrected chi connectivity index (χ4v) is 1.86. The number of nitrogens with two attached hydrogens (primary N) is 1. The molecule has 2 N–H and O–H groups in total. The number of unbranched alkanes of at least 4 members (excludes halogenated alkanes) is 4. The summed E-state index contributed by atoms with van der Waals surface area (Å²) in [6.07, 6.45) is 12.5. The number of allylic oxidation sites excluding steroid dienone is 1. The number of hydrogen-bond acceptors (Lipinski definition) is 1. The van der Waals surface area contributed by atoms with Crippen LogP contribution in [0.1, 0.15) is 58.3 Å². The first kappa shape index (κ1) is 13.7. The summed E-state index contributed by atoms with van der Waals surface area (Å²) in [5.41, 5.74) is 5.71. The zero-order valence-corrected chi connectivity index (χ0v) is 9.80. The second-order valence-corrected chi connectivity index (χ2v) is 4.17. The summed E-state index contributed by atoms with van der Waals surface area (Å²) in [5, 5.41) is 0. The van der Waals surface area contributed by atoms with Crippen LogP contribution in [0.4, 0.5) is 0 Å². The van der Waals surface area contributed by atoms with Gasteiger partial charge in [0.05, 0.1) is 0 Å². The summed E-state index contributed by atoms with van der Waals surface area (Å²) in [6.45, 7) is 6.85. The van der Waals surface area contributed by atoms with Gasteiger partial charge in [0, 0.05) is 0 Å². The Balaban J connectivity index is 3.19. The zero-order chi connectivity index (χ0) is 10.6. The van der Waals surface area contributed by atoms with E-state index >= 15 is 0 Å². The molecule has 1 nitrogen and oxygen atoms in total. The third kappa shape index (κ3) is 8.31. The molecule has 1 atom stereocenters. The predicted molar refractivity (Wildman–Crippen MR) is 65.4 cm³/mol. The van der Waals surface area contributed by atoms with Crippen LogP contribution in [0.2, 0.25) is 0 Å². The maximum Gasteiger partial charge on any atom is -0.00489 e. The first-order valence-corrected chi connectivity index (χ1v) is 6.16. The first-order valence-electron chi connectivity index (χ1n) is 6.16. The molecule has 0 aliphatic carbocycles. The van der Waals surface area contributed by atoms with E-state index in [2.05, 4.69) is 13.5 Å². The van der Waals surface area contributed by atoms with Crippen molar-refractivity contribution in [2.75, 3.05) is 6.54 Å². The van der Waals surface area contributed by atoms with Gasteiger partial charge >= 0.3 is 0 Å². The molecular weight excluding hydrogens is 170 g/mol. The Morgan fingerprint density at radius 3 is 2.43 bits per heavy atom. The molecule has 84 valence electrons. The summed E-state index contributed by atoms with van der Waals surface area (Å²) in [5.74, 6) is 0.777. The highest BCUT2D eigenvalue weighted by Crippen LogP contribution is 2.15. The lowest BCUT2D eigenvalue weighted by Gasteiger charge is -2.12. The topological polar surface area (TPSA) is 26.0 Å². The van der Waals surface area contributed by atoms with Gasteiger partial charge < -0.3 is 5.73 Å². The Hall–Kier alpha value is -0.300. The molecule has 0 spiro atoms. The van der Waals surface area contributed by atoms with Crippen LogP contribution in [0, 0.1) is 5.92 Å². The third-order valence-corrected chi connectivity index (χ3v) is 2.80. The normalized spacial score (nSPS) is 12.7. The SMILES string of the molecule is C=CCCCCCCC(CN)CCC. The van der Waals surface area contributed by atoms with Crippen molar-refractivity contribution in [2.24, 2.45) is 11.7 Å². The van der Waals surface area contributed by atoms with Gasteiger partial charge in [-0.3, -0.25) is 0 Å². The minimum atomic E-state index is 0.777. The molecule has 0 aliphatic heterocycles. The highest BCUT2D eigenvalue weighted by atomic mass is 14.5. The van der Waals surface area contributed by atoms with Gasteiger partial charge in [0.15, 0.2) is 0 Å². The lowest BCUT2D eigenvalue weighted by atomic mass is 9.96. The molecule has 0 rings (SSSR count). The molecule has 0 aromatic carbocycles. The highest BCUT2D eigenvalue weighted by molar-refractivity contribution is 4.65. The van der Waals surface area contributed by atoms with Gasteiger partial charge in [0.1, 0.15) is 0 Å². The number of hydrogen-bond donors (Lipinski definition) is 1. The second-order valence-electron chi connectivity index (χ2n) is 4.17. The van der Waals surface area contributed by atoms with E-state index in [1.54, 1.807) is 0 Å². The molecule has 0 fully saturated rings. The van der Waals surface area contributed by atoms with Crippen LogP contribution in [0.25, 0.3) is 0 Å². The molecule has 0 aromatic rings. The Labute approximate surface area is 89.8 Å². The van der Waals surface area contributed by atoms with Gasteiger partial charge in [-0.2, -0.15) is 0 Å². The van der Waals surface area contributed by atoms with Crippen molar-refractivity contribution in [2.45, 2.75) is 58.3 Å². The summed E-state index contributed by atoms with van der Waals surface area (Å²) in [4.78, 5) is 0. The van der Waals surface area contributed by atoms with Crippen LogP contribution in [0.15, 0.2) is 12.7 Å². The minimum absolute atomic E-state index is 0.777. The lowest BCUT2D eigenvalue weighted by molar-refractivity contribution is 0.429. The van der Waals surface area contributed by atoms with Gasteiger partial charge in [-0.25, -0.2) is 0 Å². The summed E-state index contributed by atoms with van der Waals surface area (Å²) in [6, 6.07) is 0. The molecular formula is C13H27N.